The molecule has 1 saturated heterocycles. The highest BCUT2D eigenvalue weighted by Gasteiger charge is 2.29. The van der Waals surface area contributed by atoms with Crippen LogP contribution in [-0.4, -0.2) is 25.2 Å². The summed E-state index contributed by atoms with van der Waals surface area (Å²) in [5.74, 6) is 0.674. The number of hydrogen-bond acceptors (Lipinski definition) is 2. The molecule has 1 N–H and O–H groups in total. The molecule has 0 radical (unpaired) electrons. The highest BCUT2D eigenvalue weighted by Crippen LogP contribution is 2.30. The van der Waals surface area contributed by atoms with E-state index in [9.17, 15) is 0 Å². The predicted molar refractivity (Wildman–Crippen MR) is 86.9 cm³/mol. The molecule has 1 aliphatic heterocycles. The Morgan fingerprint density at radius 2 is 2.16 bits per heavy atom. The Bertz CT molecular complexity index is 431. The molecule has 0 spiro atoms. The van der Waals surface area contributed by atoms with Crippen molar-refractivity contribution < 1.29 is 0 Å². The lowest BCUT2D eigenvalue weighted by Crippen LogP contribution is -2.58. The second kappa shape index (κ2) is 6.27. The molecule has 1 aromatic rings. The largest absolute Gasteiger partial charge is 0.365 e. The van der Waals surface area contributed by atoms with Gasteiger partial charge in [-0.3, -0.25) is 0 Å². The molecule has 106 valence electrons. The lowest BCUT2D eigenvalue weighted by molar-refractivity contribution is 0.325. The number of nitrogens with one attached hydrogen (secondary N) is 1. The van der Waals surface area contributed by atoms with Crippen LogP contribution < -0.4 is 10.2 Å². The molecular weight excluding hydrogens is 300 g/mol. The maximum atomic E-state index is 3.70. The van der Waals surface area contributed by atoms with Gasteiger partial charge in [-0.2, -0.15) is 0 Å². The molecule has 1 fully saturated rings. The Morgan fingerprint density at radius 3 is 2.79 bits per heavy atom. The van der Waals surface area contributed by atoms with Gasteiger partial charge in [-0.15, -0.1) is 0 Å². The number of nitrogens with zero attached hydrogens (tertiary/aromatic N) is 1. The first-order valence-corrected chi connectivity index (χ1v) is 8.09. The highest BCUT2D eigenvalue weighted by molar-refractivity contribution is 9.10. The lowest BCUT2D eigenvalue weighted by Gasteiger charge is -2.43. The van der Waals surface area contributed by atoms with Gasteiger partial charge in [0.2, 0.25) is 0 Å². The van der Waals surface area contributed by atoms with E-state index < -0.39 is 0 Å². The molecule has 1 heterocycles. The van der Waals surface area contributed by atoms with Gasteiger partial charge in [0, 0.05) is 35.3 Å². The summed E-state index contributed by atoms with van der Waals surface area (Å²) < 4.78 is 1.21. The normalized spacial score (nSPS) is 24.0. The first-order valence-electron chi connectivity index (χ1n) is 7.29. The number of anilines is 1. The van der Waals surface area contributed by atoms with Crippen molar-refractivity contribution in [3.8, 4) is 0 Å². The molecule has 0 saturated carbocycles. The van der Waals surface area contributed by atoms with Gasteiger partial charge in [-0.05, 0) is 37.0 Å². The first-order chi connectivity index (χ1) is 9.04. The van der Waals surface area contributed by atoms with Crippen LogP contribution in [0.15, 0.2) is 22.7 Å². The average Bonchev–Trinajstić information content (AvgIpc) is 2.41. The van der Waals surface area contributed by atoms with Crippen LogP contribution in [-0.2, 0) is 0 Å². The molecule has 3 heteroatoms. The predicted octanol–water partition coefficient (Wildman–Crippen LogP) is 3.97. The molecule has 2 nitrogen and oxygen atoms in total. The van der Waals surface area contributed by atoms with Crippen LogP contribution >= 0.6 is 15.9 Å². The Kier molecular flexibility index (Phi) is 4.91. The van der Waals surface area contributed by atoms with Crippen molar-refractivity contribution in [2.24, 2.45) is 5.92 Å². The fourth-order valence-corrected chi connectivity index (χ4v) is 3.19. The van der Waals surface area contributed by atoms with Crippen LogP contribution in [0, 0.1) is 12.8 Å². The Balaban J connectivity index is 2.30. The van der Waals surface area contributed by atoms with Crippen molar-refractivity contribution in [2.75, 3.05) is 18.0 Å². The molecule has 0 bridgehead atoms. The van der Waals surface area contributed by atoms with E-state index in [1.807, 2.05) is 0 Å². The maximum absolute atomic E-state index is 3.70. The lowest BCUT2D eigenvalue weighted by atomic mass is 9.97. The Labute approximate surface area is 125 Å². The van der Waals surface area contributed by atoms with E-state index in [1.165, 1.54) is 22.1 Å². The minimum absolute atomic E-state index is 0.584. The van der Waals surface area contributed by atoms with Crippen LogP contribution in [0.5, 0.6) is 0 Å². The third-order valence-electron chi connectivity index (χ3n) is 4.27. The van der Waals surface area contributed by atoms with E-state index in [-0.39, 0.29) is 0 Å². The number of piperazine rings is 1. The second-order valence-electron chi connectivity index (χ2n) is 5.86. The average molecular weight is 325 g/mol. The van der Waals surface area contributed by atoms with Gasteiger partial charge in [0.25, 0.3) is 0 Å². The van der Waals surface area contributed by atoms with Gasteiger partial charge >= 0.3 is 0 Å². The quantitative estimate of drug-likeness (QED) is 0.905. The zero-order valence-corrected chi connectivity index (χ0v) is 14.0. The van der Waals surface area contributed by atoms with Crippen molar-refractivity contribution in [3.63, 3.8) is 0 Å². The van der Waals surface area contributed by atoms with Crippen LogP contribution in [0.1, 0.15) is 32.8 Å². The summed E-state index contributed by atoms with van der Waals surface area (Å²) in [5.41, 5.74) is 2.73. The van der Waals surface area contributed by atoms with Gasteiger partial charge in [-0.25, -0.2) is 0 Å². The number of hydrogen-bond donors (Lipinski definition) is 1. The van der Waals surface area contributed by atoms with E-state index in [0.717, 1.165) is 13.1 Å². The van der Waals surface area contributed by atoms with Crippen LogP contribution in [0.4, 0.5) is 5.69 Å². The van der Waals surface area contributed by atoms with Crippen LogP contribution in [0.2, 0.25) is 0 Å². The van der Waals surface area contributed by atoms with Crippen LogP contribution in [0.3, 0.4) is 0 Å². The zero-order chi connectivity index (χ0) is 14.0. The number of benzene rings is 1. The summed E-state index contributed by atoms with van der Waals surface area (Å²) in [7, 11) is 0. The molecule has 0 aromatic heterocycles. The standard InChI is InChI=1S/C16H25BrN2/c1-5-13-9-18-15(11(2)3)10-19(13)16-8-6-7-14(17)12(16)4/h6-8,11,13,15,18H,5,9-10H2,1-4H3. The molecule has 0 amide bonds. The topological polar surface area (TPSA) is 15.3 Å². The van der Waals surface area contributed by atoms with Crippen molar-refractivity contribution in [3.05, 3.63) is 28.2 Å². The molecule has 2 atom stereocenters. The van der Waals surface area contributed by atoms with E-state index in [0.29, 0.717) is 18.0 Å². The number of rotatable bonds is 3. The van der Waals surface area contributed by atoms with Crippen LogP contribution in [0.25, 0.3) is 0 Å². The Hall–Kier alpha value is -0.540. The first kappa shape index (κ1) is 14.9. The summed E-state index contributed by atoms with van der Waals surface area (Å²) >= 11 is 3.66. The zero-order valence-electron chi connectivity index (χ0n) is 12.4. The molecule has 2 unspecified atom stereocenters. The summed E-state index contributed by atoms with van der Waals surface area (Å²) in [6, 6.07) is 7.71. The summed E-state index contributed by atoms with van der Waals surface area (Å²) in [6.07, 6.45) is 1.18. The number of halogens is 1. The van der Waals surface area contributed by atoms with Gasteiger partial charge < -0.3 is 10.2 Å². The highest BCUT2D eigenvalue weighted by atomic mass is 79.9. The van der Waals surface area contributed by atoms with E-state index >= 15 is 0 Å². The summed E-state index contributed by atoms with van der Waals surface area (Å²) in [5, 5.41) is 3.70. The van der Waals surface area contributed by atoms with Gasteiger partial charge in [0.1, 0.15) is 0 Å². The Morgan fingerprint density at radius 1 is 1.42 bits per heavy atom. The summed E-state index contributed by atoms with van der Waals surface area (Å²) in [6.45, 7) is 11.3. The fourth-order valence-electron chi connectivity index (χ4n) is 2.84. The van der Waals surface area contributed by atoms with E-state index in [4.69, 9.17) is 0 Å². The van der Waals surface area contributed by atoms with E-state index in [2.05, 4.69) is 72.0 Å². The SMILES string of the molecule is CCC1CNC(C(C)C)CN1c1cccc(Br)c1C. The minimum Gasteiger partial charge on any atom is -0.365 e. The molecule has 1 aliphatic rings. The monoisotopic (exact) mass is 324 g/mol. The van der Waals surface area contributed by atoms with Crippen molar-refractivity contribution in [1.82, 2.24) is 5.32 Å². The van der Waals surface area contributed by atoms with Gasteiger partial charge in [0.05, 0.1) is 0 Å². The smallest absolute Gasteiger partial charge is 0.0412 e. The molecule has 19 heavy (non-hydrogen) atoms. The molecule has 1 aromatic carbocycles. The van der Waals surface area contributed by atoms with Crippen molar-refractivity contribution >= 4 is 21.6 Å². The maximum Gasteiger partial charge on any atom is 0.0412 e. The van der Waals surface area contributed by atoms with Crippen molar-refractivity contribution in [2.45, 2.75) is 46.2 Å². The third kappa shape index (κ3) is 3.14. The third-order valence-corrected chi connectivity index (χ3v) is 5.13. The fraction of sp³-hybridized carbons (Fsp3) is 0.625. The molecular formula is C16H25BrN2. The van der Waals surface area contributed by atoms with E-state index in [1.54, 1.807) is 0 Å². The molecule has 2 rings (SSSR count). The second-order valence-corrected chi connectivity index (χ2v) is 6.71. The summed E-state index contributed by atoms with van der Waals surface area (Å²) in [4.78, 5) is 2.60. The minimum atomic E-state index is 0.584. The van der Waals surface area contributed by atoms with Gasteiger partial charge in [-0.1, -0.05) is 42.8 Å². The van der Waals surface area contributed by atoms with Gasteiger partial charge in [0.15, 0.2) is 0 Å². The molecule has 0 aliphatic carbocycles. The van der Waals surface area contributed by atoms with Crippen molar-refractivity contribution in [1.29, 1.82) is 0 Å².